The van der Waals surface area contributed by atoms with Crippen LogP contribution in [0.1, 0.15) is 329 Å². The highest BCUT2D eigenvalue weighted by Gasteiger charge is 2.25. The summed E-state index contributed by atoms with van der Waals surface area (Å²) in [4.78, 5) is 0. The molecule has 0 amide bonds. The molecule has 0 aromatic carbocycles. The number of hydrogen-bond acceptors (Lipinski definition) is 4. The predicted octanol–water partition coefficient (Wildman–Crippen LogP) is 21.6. The summed E-state index contributed by atoms with van der Waals surface area (Å²) in [5, 5.41) is 0. The first kappa shape index (κ1) is 59.5. The molecule has 356 valence electrons. The van der Waals surface area contributed by atoms with Gasteiger partial charge in [-0.1, -0.05) is 310 Å². The van der Waals surface area contributed by atoms with Crippen LogP contribution >= 0.6 is 18.2 Å². The summed E-state index contributed by atoms with van der Waals surface area (Å²) in [5.74, 6) is 0.896. The van der Waals surface area contributed by atoms with Crippen molar-refractivity contribution < 1.29 is 13.6 Å². The second-order valence-electron chi connectivity index (χ2n) is 18.9. The van der Waals surface area contributed by atoms with Crippen molar-refractivity contribution in [1.82, 2.24) is 0 Å². The minimum Gasteiger partial charge on any atom is -0.301 e. The SMILES string of the molecule is CCCCCCCCCCCCCCCCCCOP(=O)(OCCCCCCCCCCCCCCCCCC)SCCCCCCCCCCCCCCCCCC. The molecule has 0 fully saturated rings. The van der Waals surface area contributed by atoms with Gasteiger partial charge in [0.25, 0.3) is 0 Å². The first-order valence-electron chi connectivity index (χ1n) is 27.7. The standard InChI is InChI=1S/C54H111O3PS/c1-4-7-10-13-16-19-22-25-28-31-34-37-40-43-46-49-52-56-58(55,57-53-50-47-44-41-38-35-32-29-26-23-20-17-14-11-8-5-2)59-54-51-48-45-42-39-36-33-30-27-24-21-18-15-12-9-6-3/h4-54H2,1-3H3. The van der Waals surface area contributed by atoms with Crippen molar-refractivity contribution in [3.63, 3.8) is 0 Å². The molecule has 0 bridgehead atoms. The molecule has 0 saturated heterocycles. The predicted molar refractivity (Wildman–Crippen MR) is 271 cm³/mol. The molecular weight excluding hydrogens is 760 g/mol. The average molecular weight is 872 g/mol. The first-order valence-corrected chi connectivity index (χ1v) is 30.9. The minimum absolute atomic E-state index is 0.584. The van der Waals surface area contributed by atoms with E-state index in [0.29, 0.717) is 13.2 Å². The van der Waals surface area contributed by atoms with Crippen LogP contribution in [0.25, 0.3) is 0 Å². The fraction of sp³-hybridized carbons (Fsp3) is 1.00. The van der Waals surface area contributed by atoms with Crippen LogP contribution < -0.4 is 0 Å². The van der Waals surface area contributed by atoms with Crippen molar-refractivity contribution in [2.24, 2.45) is 0 Å². The van der Waals surface area contributed by atoms with Gasteiger partial charge in [-0.3, -0.25) is 0 Å². The van der Waals surface area contributed by atoms with E-state index >= 15 is 0 Å². The number of rotatable bonds is 54. The molecule has 0 aliphatic heterocycles. The summed E-state index contributed by atoms with van der Waals surface area (Å²) in [6, 6.07) is 0. The van der Waals surface area contributed by atoms with Gasteiger partial charge in [-0.2, -0.15) is 0 Å². The number of unbranched alkanes of at least 4 members (excludes halogenated alkanes) is 45. The molecule has 0 aromatic heterocycles. The van der Waals surface area contributed by atoms with Gasteiger partial charge in [-0.25, -0.2) is 4.57 Å². The van der Waals surface area contributed by atoms with Crippen molar-refractivity contribution in [1.29, 1.82) is 0 Å². The summed E-state index contributed by atoms with van der Waals surface area (Å²) in [6.45, 7) is 5.00. The lowest BCUT2D eigenvalue weighted by molar-refractivity contribution is 0.212. The molecule has 5 heteroatoms. The van der Waals surface area contributed by atoms with Crippen LogP contribution in [0.15, 0.2) is 0 Å². The molecule has 0 spiro atoms. The van der Waals surface area contributed by atoms with E-state index in [1.54, 1.807) is 0 Å². The molecule has 59 heavy (non-hydrogen) atoms. The van der Waals surface area contributed by atoms with Crippen LogP contribution in [0.4, 0.5) is 0 Å². The molecule has 0 aliphatic carbocycles. The molecule has 0 rings (SSSR count). The lowest BCUT2D eigenvalue weighted by Gasteiger charge is -2.18. The smallest absolute Gasteiger partial charge is 0.301 e. The lowest BCUT2D eigenvalue weighted by Crippen LogP contribution is -1.99. The highest BCUT2D eigenvalue weighted by Crippen LogP contribution is 2.61. The third kappa shape index (κ3) is 51.0. The topological polar surface area (TPSA) is 35.5 Å². The Morgan fingerprint density at radius 1 is 0.254 bits per heavy atom. The van der Waals surface area contributed by atoms with Gasteiger partial charge in [-0.15, -0.1) is 0 Å². The Morgan fingerprint density at radius 2 is 0.424 bits per heavy atom. The van der Waals surface area contributed by atoms with Crippen LogP contribution in [0.2, 0.25) is 0 Å². The molecule has 0 radical (unpaired) electrons. The van der Waals surface area contributed by atoms with Crippen molar-refractivity contribution >= 4 is 18.2 Å². The zero-order valence-electron chi connectivity index (χ0n) is 41.1. The van der Waals surface area contributed by atoms with Gasteiger partial charge in [-0.05, 0) is 30.6 Å². The average Bonchev–Trinajstić information content (AvgIpc) is 3.24. The van der Waals surface area contributed by atoms with Crippen LogP contribution in [0.5, 0.6) is 0 Å². The summed E-state index contributed by atoms with van der Waals surface area (Å²) in [6.07, 6.45) is 65.7. The fourth-order valence-corrected chi connectivity index (χ4v) is 12.0. The lowest BCUT2D eigenvalue weighted by atomic mass is 10.0. The Bertz CT molecular complexity index is 694. The van der Waals surface area contributed by atoms with Gasteiger partial charge in [0.15, 0.2) is 0 Å². The Balaban J connectivity index is 4.08. The van der Waals surface area contributed by atoms with Crippen LogP contribution in [0, 0.1) is 0 Å². The van der Waals surface area contributed by atoms with Gasteiger partial charge < -0.3 is 9.05 Å². The van der Waals surface area contributed by atoms with Gasteiger partial charge in [0.05, 0.1) is 13.2 Å². The maximum atomic E-state index is 13.8. The van der Waals surface area contributed by atoms with E-state index in [1.165, 1.54) is 300 Å². The molecule has 0 atom stereocenters. The molecule has 0 unspecified atom stereocenters. The van der Waals surface area contributed by atoms with Crippen molar-refractivity contribution in [2.45, 2.75) is 329 Å². The maximum Gasteiger partial charge on any atom is 0.389 e. The van der Waals surface area contributed by atoms with Gasteiger partial charge in [0.2, 0.25) is 0 Å². The highest BCUT2D eigenvalue weighted by molar-refractivity contribution is 8.55. The Kier molecular flexibility index (Phi) is 53.3. The van der Waals surface area contributed by atoms with E-state index in [4.69, 9.17) is 9.05 Å². The fourth-order valence-electron chi connectivity index (χ4n) is 8.59. The maximum absolute atomic E-state index is 13.8. The molecule has 0 N–H and O–H groups in total. The number of hydrogen-bond donors (Lipinski definition) is 0. The summed E-state index contributed by atoms with van der Waals surface area (Å²) >= 11 is 1.50. The third-order valence-corrected chi connectivity index (χ3v) is 16.7. The van der Waals surface area contributed by atoms with E-state index < -0.39 is 6.80 Å². The summed E-state index contributed by atoms with van der Waals surface area (Å²) in [7, 11) is 0. The van der Waals surface area contributed by atoms with Crippen molar-refractivity contribution in [3.8, 4) is 0 Å². The largest absolute Gasteiger partial charge is 0.389 e. The Hall–Kier alpha value is 0.500. The van der Waals surface area contributed by atoms with Crippen molar-refractivity contribution in [2.75, 3.05) is 19.0 Å². The molecule has 0 saturated carbocycles. The van der Waals surface area contributed by atoms with Crippen LogP contribution in [0.3, 0.4) is 0 Å². The zero-order chi connectivity index (χ0) is 42.7. The normalized spacial score (nSPS) is 12.0. The van der Waals surface area contributed by atoms with E-state index in [2.05, 4.69) is 20.8 Å². The Morgan fingerprint density at radius 3 is 0.627 bits per heavy atom. The Labute approximate surface area is 378 Å². The molecule has 0 heterocycles. The third-order valence-electron chi connectivity index (χ3n) is 12.7. The molecule has 0 aromatic rings. The van der Waals surface area contributed by atoms with E-state index in [1.807, 2.05) is 0 Å². The molecular formula is C54H111O3PS. The monoisotopic (exact) mass is 871 g/mol. The summed E-state index contributed by atoms with van der Waals surface area (Å²) in [5.41, 5.74) is 0. The molecule has 0 aliphatic rings. The van der Waals surface area contributed by atoms with Crippen LogP contribution in [-0.2, 0) is 13.6 Å². The second kappa shape index (κ2) is 52.8. The first-order chi connectivity index (χ1) is 29.2. The van der Waals surface area contributed by atoms with Gasteiger partial charge in [0.1, 0.15) is 0 Å². The summed E-state index contributed by atoms with van der Waals surface area (Å²) < 4.78 is 26.0. The second-order valence-corrected chi connectivity index (χ2v) is 23.1. The van der Waals surface area contributed by atoms with Gasteiger partial charge in [0, 0.05) is 5.75 Å². The highest BCUT2D eigenvalue weighted by atomic mass is 32.7. The minimum atomic E-state index is -3.07. The van der Waals surface area contributed by atoms with E-state index in [0.717, 1.165) is 25.0 Å². The zero-order valence-corrected chi connectivity index (χ0v) is 42.9. The quantitative estimate of drug-likeness (QED) is 0.0451. The van der Waals surface area contributed by atoms with E-state index in [9.17, 15) is 4.57 Å². The molecule has 3 nitrogen and oxygen atoms in total. The van der Waals surface area contributed by atoms with Gasteiger partial charge >= 0.3 is 6.80 Å². The van der Waals surface area contributed by atoms with Crippen LogP contribution in [-0.4, -0.2) is 19.0 Å². The van der Waals surface area contributed by atoms with Crippen molar-refractivity contribution in [3.05, 3.63) is 0 Å². The van der Waals surface area contributed by atoms with E-state index in [-0.39, 0.29) is 0 Å².